The van der Waals surface area contributed by atoms with Gasteiger partial charge in [0.15, 0.2) is 8.29 Å². The minimum absolute atomic E-state index is 0.0997. The Labute approximate surface area is 173 Å². The SMILES string of the molecule is CC(Sc1nn(-c2ccccc2)c(=S)s1)C(=O)NC(C)C1CC2CCC1C2. The predicted molar refractivity (Wildman–Crippen MR) is 114 cm³/mol. The maximum absolute atomic E-state index is 12.7. The van der Waals surface area contributed by atoms with Crippen LogP contribution in [0.2, 0.25) is 0 Å². The van der Waals surface area contributed by atoms with Crippen molar-refractivity contribution in [3.05, 3.63) is 34.3 Å². The largest absolute Gasteiger partial charge is 0.352 e. The summed E-state index contributed by atoms with van der Waals surface area (Å²) >= 11 is 8.40. The minimum atomic E-state index is -0.184. The average molecular weight is 420 g/mol. The maximum Gasteiger partial charge on any atom is 0.233 e. The van der Waals surface area contributed by atoms with Crippen molar-refractivity contribution in [1.82, 2.24) is 15.1 Å². The molecule has 5 unspecified atom stereocenters. The van der Waals surface area contributed by atoms with Gasteiger partial charge >= 0.3 is 0 Å². The number of para-hydroxylation sites is 1. The number of hydrogen-bond acceptors (Lipinski definition) is 5. The van der Waals surface area contributed by atoms with Crippen molar-refractivity contribution in [2.75, 3.05) is 0 Å². The van der Waals surface area contributed by atoms with Crippen LogP contribution in [0.5, 0.6) is 0 Å². The molecule has 7 heteroatoms. The van der Waals surface area contributed by atoms with Gasteiger partial charge in [0.05, 0.1) is 10.9 Å². The van der Waals surface area contributed by atoms with Gasteiger partial charge in [-0.2, -0.15) is 0 Å². The van der Waals surface area contributed by atoms with Crippen LogP contribution < -0.4 is 5.32 Å². The van der Waals surface area contributed by atoms with E-state index < -0.39 is 0 Å². The standard InChI is InChI=1S/C20H25N3OS3/c1-12(17-11-14-8-9-15(17)10-14)21-18(24)13(2)26-19-22-23(20(25)27-19)16-6-4-3-5-7-16/h3-7,12-15,17H,8-11H2,1-2H3,(H,21,24). The second-order valence-electron chi connectivity index (χ2n) is 7.78. The third-order valence-corrected chi connectivity index (χ3v) is 8.40. The van der Waals surface area contributed by atoms with Gasteiger partial charge in [0.1, 0.15) is 0 Å². The van der Waals surface area contributed by atoms with Crippen LogP contribution in [0, 0.1) is 21.7 Å². The molecule has 2 aliphatic carbocycles. The van der Waals surface area contributed by atoms with E-state index in [0.717, 1.165) is 21.9 Å². The van der Waals surface area contributed by atoms with Crippen molar-refractivity contribution in [2.45, 2.75) is 55.2 Å². The number of rotatable bonds is 6. The molecule has 2 aromatic rings. The van der Waals surface area contributed by atoms with Gasteiger partial charge in [0, 0.05) is 6.04 Å². The van der Waals surface area contributed by atoms with E-state index in [1.54, 1.807) is 4.68 Å². The summed E-state index contributed by atoms with van der Waals surface area (Å²) in [5.41, 5.74) is 0.951. The third-order valence-electron chi connectivity index (χ3n) is 5.98. The number of nitrogens with one attached hydrogen (secondary N) is 1. The molecular weight excluding hydrogens is 394 g/mol. The molecule has 4 nitrogen and oxygen atoms in total. The van der Waals surface area contributed by atoms with E-state index in [0.29, 0.717) is 9.87 Å². The first-order valence-electron chi connectivity index (χ1n) is 9.64. The Balaban J connectivity index is 1.37. The molecule has 1 aromatic heterocycles. The zero-order valence-electron chi connectivity index (χ0n) is 15.6. The number of thioether (sulfide) groups is 1. The number of carbonyl (C=O) groups is 1. The predicted octanol–water partition coefficient (Wildman–Crippen LogP) is 5.08. The molecule has 2 fully saturated rings. The number of aromatic nitrogens is 2. The lowest BCUT2D eigenvalue weighted by Gasteiger charge is -2.29. The molecule has 2 aliphatic rings. The first-order chi connectivity index (χ1) is 13.0. The quantitative estimate of drug-likeness (QED) is 0.524. The molecule has 2 saturated carbocycles. The topological polar surface area (TPSA) is 46.9 Å². The lowest BCUT2D eigenvalue weighted by Crippen LogP contribution is -2.43. The first kappa shape index (κ1) is 19.2. The summed E-state index contributed by atoms with van der Waals surface area (Å²) in [6, 6.07) is 10.1. The Hall–Kier alpha value is -1.18. The summed E-state index contributed by atoms with van der Waals surface area (Å²) in [7, 11) is 0. The summed E-state index contributed by atoms with van der Waals surface area (Å²) in [5.74, 6) is 2.48. The van der Waals surface area contributed by atoms with Crippen molar-refractivity contribution in [1.29, 1.82) is 0 Å². The Kier molecular flexibility index (Phi) is 5.71. The van der Waals surface area contributed by atoms with Crippen LogP contribution in [0.3, 0.4) is 0 Å². The van der Waals surface area contributed by atoms with Gasteiger partial charge in [-0.05, 0) is 75.2 Å². The number of benzene rings is 1. The summed E-state index contributed by atoms with van der Waals surface area (Å²) in [6.07, 6.45) is 5.40. The van der Waals surface area contributed by atoms with Crippen LogP contribution >= 0.6 is 35.3 Å². The highest BCUT2D eigenvalue weighted by Crippen LogP contribution is 2.49. The van der Waals surface area contributed by atoms with E-state index >= 15 is 0 Å². The van der Waals surface area contributed by atoms with Crippen LogP contribution in [0.15, 0.2) is 34.7 Å². The lowest BCUT2D eigenvalue weighted by atomic mass is 9.84. The Morgan fingerprint density at radius 3 is 2.74 bits per heavy atom. The van der Waals surface area contributed by atoms with Gasteiger partial charge in [-0.25, -0.2) is 4.68 Å². The van der Waals surface area contributed by atoms with E-state index in [2.05, 4.69) is 17.3 Å². The number of carbonyl (C=O) groups excluding carboxylic acids is 1. The fourth-order valence-corrected chi connectivity index (χ4v) is 7.12. The van der Waals surface area contributed by atoms with Crippen LogP contribution in [0.1, 0.15) is 39.5 Å². The van der Waals surface area contributed by atoms with Gasteiger partial charge in [0.2, 0.25) is 5.91 Å². The van der Waals surface area contributed by atoms with Crippen molar-refractivity contribution in [3.8, 4) is 5.69 Å². The molecule has 0 aliphatic heterocycles. The van der Waals surface area contributed by atoms with Gasteiger partial charge in [0.25, 0.3) is 0 Å². The van der Waals surface area contributed by atoms with Gasteiger partial charge < -0.3 is 5.32 Å². The number of fused-ring (bicyclic) bond motifs is 2. The Morgan fingerprint density at radius 2 is 2.07 bits per heavy atom. The van der Waals surface area contributed by atoms with Crippen LogP contribution in [-0.4, -0.2) is 27.0 Å². The smallest absolute Gasteiger partial charge is 0.233 e. The Bertz CT molecular complexity index is 863. The van der Waals surface area contributed by atoms with Crippen molar-refractivity contribution >= 4 is 41.2 Å². The monoisotopic (exact) mass is 419 g/mol. The summed E-state index contributed by atoms with van der Waals surface area (Å²) in [4.78, 5) is 12.7. The van der Waals surface area contributed by atoms with E-state index in [1.807, 2.05) is 37.3 Å². The molecule has 5 atom stereocenters. The zero-order valence-corrected chi connectivity index (χ0v) is 18.1. The Morgan fingerprint density at radius 1 is 1.30 bits per heavy atom. The van der Waals surface area contributed by atoms with Gasteiger partial charge in [-0.1, -0.05) is 47.7 Å². The lowest BCUT2D eigenvalue weighted by molar-refractivity contribution is -0.121. The normalized spacial score (nSPS) is 26.1. The van der Waals surface area contributed by atoms with E-state index in [-0.39, 0.29) is 17.2 Å². The van der Waals surface area contributed by atoms with Gasteiger partial charge in [-0.3, -0.25) is 4.79 Å². The molecule has 1 heterocycles. The van der Waals surface area contributed by atoms with Crippen molar-refractivity contribution in [3.63, 3.8) is 0 Å². The highest BCUT2D eigenvalue weighted by Gasteiger charge is 2.42. The summed E-state index contributed by atoms with van der Waals surface area (Å²) in [6.45, 7) is 4.12. The molecule has 144 valence electrons. The molecule has 4 rings (SSSR count). The highest BCUT2D eigenvalue weighted by molar-refractivity contribution is 8.02. The summed E-state index contributed by atoms with van der Waals surface area (Å²) in [5, 5.41) is 7.68. The molecule has 2 bridgehead atoms. The second kappa shape index (κ2) is 8.05. The molecule has 1 N–H and O–H groups in total. The second-order valence-corrected chi connectivity index (χ2v) is 11.0. The zero-order chi connectivity index (χ0) is 19.0. The van der Waals surface area contributed by atoms with E-state index in [1.165, 1.54) is 48.8 Å². The highest BCUT2D eigenvalue weighted by atomic mass is 32.2. The van der Waals surface area contributed by atoms with Crippen LogP contribution in [0.4, 0.5) is 0 Å². The van der Waals surface area contributed by atoms with Crippen LogP contribution in [-0.2, 0) is 4.79 Å². The minimum Gasteiger partial charge on any atom is -0.352 e. The molecule has 1 amide bonds. The molecule has 0 radical (unpaired) electrons. The van der Waals surface area contributed by atoms with Crippen LogP contribution in [0.25, 0.3) is 5.69 Å². The molecular formula is C20H25N3OS3. The fourth-order valence-electron chi connectivity index (χ4n) is 4.60. The maximum atomic E-state index is 12.7. The number of nitrogens with zero attached hydrogens (tertiary/aromatic N) is 2. The number of hydrogen-bond donors (Lipinski definition) is 1. The van der Waals surface area contributed by atoms with E-state index in [9.17, 15) is 4.79 Å². The number of amides is 1. The third kappa shape index (κ3) is 4.15. The van der Waals surface area contributed by atoms with Crippen molar-refractivity contribution in [2.24, 2.45) is 17.8 Å². The summed E-state index contributed by atoms with van der Waals surface area (Å²) < 4.78 is 3.30. The van der Waals surface area contributed by atoms with Gasteiger partial charge in [-0.15, -0.1) is 5.10 Å². The molecule has 1 aromatic carbocycles. The first-order valence-corrected chi connectivity index (χ1v) is 11.7. The molecule has 27 heavy (non-hydrogen) atoms. The molecule has 0 spiro atoms. The van der Waals surface area contributed by atoms with Crippen molar-refractivity contribution < 1.29 is 4.79 Å². The molecule has 0 saturated heterocycles. The average Bonchev–Trinajstić information content (AvgIpc) is 3.38. The fraction of sp³-hybridized carbons (Fsp3) is 0.550. The van der Waals surface area contributed by atoms with E-state index in [4.69, 9.17) is 12.2 Å².